The highest BCUT2D eigenvalue weighted by Crippen LogP contribution is 2.31. The van der Waals surface area contributed by atoms with E-state index in [1.807, 2.05) is 30.3 Å². The fourth-order valence-corrected chi connectivity index (χ4v) is 2.79. The summed E-state index contributed by atoms with van der Waals surface area (Å²) in [6.45, 7) is 0.561. The molecule has 1 aromatic heterocycles. The van der Waals surface area contributed by atoms with E-state index in [1.165, 1.54) is 7.11 Å². The summed E-state index contributed by atoms with van der Waals surface area (Å²) >= 11 is 0. The zero-order valence-electron chi connectivity index (χ0n) is 15.9. The van der Waals surface area contributed by atoms with Gasteiger partial charge in [0.15, 0.2) is 11.6 Å². The number of nitrogen functional groups attached to an aromatic ring is 1. The smallest absolute Gasteiger partial charge is 0.406 e. The first-order valence-electron chi connectivity index (χ1n) is 8.99. The molecule has 0 spiro atoms. The molecule has 3 rings (SSSR count). The Morgan fingerprint density at radius 1 is 1.14 bits per heavy atom. The largest absolute Gasteiger partial charge is 0.507 e. The fraction of sp³-hybridized carbons (Fsp3) is 0.190. The van der Waals surface area contributed by atoms with E-state index in [9.17, 15) is 9.90 Å². The number of phenolic OH excluding ortho intramolecular Hbond substituents is 1. The Bertz CT molecular complexity index is 966. The lowest BCUT2D eigenvalue weighted by Gasteiger charge is -2.19. The van der Waals surface area contributed by atoms with E-state index in [0.29, 0.717) is 23.6 Å². The van der Waals surface area contributed by atoms with Crippen LogP contribution in [0.2, 0.25) is 0 Å². The molecular weight excluding hydrogens is 372 g/mol. The number of hydrogen-bond acceptors (Lipinski definition) is 7. The number of ether oxygens (including phenoxy) is 2. The Morgan fingerprint density at radius 2 is 1.86 bits per heavy atom. The Balaban J connectivity index is 1.79. The number of carbonyl (C=O) groups excluding carboxylic acids is 1. The molecule has 0 aliphatic carbocycles. The summed E-state index contributed by atoms with van der Waals surface area (Å²) in [7, 11) is 1.31. The minimum absolute atomic E-state index is 0.0851. The molecule has 4 N–H and O–H groups in total. The topological polar surface area (TPSA) is 120 Å². The summed E-state index contributed by atoms with van der Waals surface area (Å²) in [5, 5.41) is 20.7. The summed E-state index contributed by atoms with van der Waals surface area (Å²) < 4.78 is 10.6. The van der Waals surface area contributed by atoms with E-state index < -0.39 is 6.09 Å². The van der Waals surface area contributed by atoms with Crippen LogP contribution in [0.25, 0.3) is 11.3 Å². The number of alkyl carbamates (subject to hydrolysis) is 1. The number of nitrogens with two attached hydrogens (primary N) is 1. The Morgan fingerprint density at radius 3 is 2.59 bits per heavy atom. The Labute approximate surface area is 168 Å². The van der Waals surface area contributed by atoms with E-state index in [-0.39, 0.29) is 24.1 Å². The number of methoxy groups -OCH3 is 1. The SMILES string of the molecule is COC(=O)NCC(COc1cc(-c2ccccc2O)nnc1N)c1ccccc1. The van der Waals surface area contributed by atoms with Gasteiger partial charge in [-0.25, -0.2) is 4.79 Å². The van der Waals surface area contributed by atoms with Gasteiger partial charge < -0.3 is 25.6 Å². The van der Waals surface area contributed by atoms with Gasteiger partial charge >= 0.3 is 6.09 Å². The van der Waals surface area contributed by atoms with Crippen molar-refractivity contribution < 1.29 is 19.4 Å². The minimum atomic E-state index is -0.516. The number of carbonyl (C=O) groups is 1. The van der Waals surface area contributed by atoms with Gasteiger partial charge in [-0.3, -0.25) is 0 Å². The van der Waals surface area contributed by atoms with Gasteiger partial charge in [0.25, 0.3) is 0 Å². The standard InChI is InChI=1S/C21H22N4O4/c1-28-21(27)23-12-15(14-7-3-2-4-8-14)13-29-19-11-17(24-25-20(19)22)16-9-5-6-10-18(16)26/h2-11,15,26H,12-13H2,1H3,(H2,22,25)(H,23,27). The van der Waals surface area contributed by atoms with E-state index in [0.717, 1.165) is 5.56 Å². The highest BCUT2D eigenvalue weighted by atomic mass is 16.5. The van der Waals surface area contributed by atoms with Crippen LogP contribution in [0.3, 0.4) is 0 Å². The van der Waals surface area contributed by atoms with Gasteiger partial charge in [0.2, 0.25) is 0 Å². The average molecular weight is 394 g/mol. The number of hydrogen-bond donors (Lipinski definition) is 3. The molecule has 0 aliphatic rings. The summed E-state index contributed by atoms with van der Waals surface area (Å²) in [6, 6.07) is 18.1. The van der Waals surface area contributed by atoms with Gasteiger partial charge in [-0.15, -0.1) is 10.2 Å². The van der Waals surface area contributed by atoms with E-state index in [2.05, 4.69) is 20.3 Å². The highest BCUT2D eigenvalue weighted by Gasteiger charge is 2.16. The monoisotopic (exact) mass is 394 g/mol. The number of phenols is 1. The maximum Gasteiger partial charge on any atom is 0.406 e. The lowest BCUT2D eigenvalue weighted by molar-refractivity contribution is 0.169. The zero-order chi connectivity index (χ0) is 20.6. The number of amides is 1. The number of anilines is 1. The number of aromatic hydroxyl groups is 1. The van der Waals surface area contributed by atoms with Crippen LogP contribution in [-0.2, 0) is 4.74 Å². The molecule has 29 heavy (non-hydrogen) atoms. The molecule has 150 valence electrons. The van der Waals surface area contributed by atoms with Gasteiger partial charge in [0.05, 0.1) is 13.7 Å². The van der Waals surface area contributed by atoms with Crippen molar-refractivity contribution in [2.24, 2.45) is 0 Å². The second kappa shape index (κ2) is 9.41. The number of nitrogens with zero attached hydrogens (tertiary/aromatic N) is 2. The highest BCUT2D eigenvalue weighted by molar-refractivity contribution is 5.69. The van der Waals surface area contributed by atoms with Crippen LogP contribution in [0.1, 0.15) is 11.5 Å². The second-order valence-electron chi connectivity index (χ2n) is 6.29. The van der Waals surface area contributed by atoms with Crippen molar-refractivity contribution in [3.05, 3.63) is 66.2 Å². The number of benzene rings is 2. The fourth-order valence-electron chi connectivity index (χ4n) is 2.79. The van der Waals surface area contributed by atoms with Crippen LogP contribution in [0.15, 0.2) is 60.7 Å². The van der Waals surface area contributed by atoms with E-state index in [4.69, 9.17) is 10.5 Å². The zero-order valence-corrected chi connectivity index (χ0v) is 15.9. The van der Waals surface area contributed by atoms with Crippen LogP contribution in [0.5, 0.6) is 11.5 Å². The summed E-state index contributed by atoms with van der Waals surface area (Å²) in [6.07, 6.45) is -0.516. The maximum atomic E-state index is 11.5. The molecular formula is C21H22N4O4. The second-order valence-corrected chi connectivity index (χ2v) is 6.29. The lowest BCUT2D eigenvalue weighted by Crippen LogP contribution is -2.30. The molecule has 1 unspecified atom stereocenters. The average Bonchev–Trinajstić information content (AvgIpc) is 2.75. The first-order valence-corrected chi connectivity index (χ1v) is 8.99. The lowest BCUT2D eigenvalue weighted by atomic mass is 10.00. The first-order chi connectivity index (χ1) is 14.1. The van der Waals surface area contributed by atoms with Crippen LogP contribution in [0, 0.1) is 0 Å². The molecule has 0 saturated heterocycles. The maximum absolute atomic E-state index is 11.5. The van der Waals surface area contributed by atoms with Crippen molar-refractivity contribution in [3.63, 3.8) is 0 Å². The third-order valence-electron chi connectivity index (χ3n) is 4.35. The molecule has 8 heteroatoms. The summed E-state index contributed by atoms with van der Waals surface area (Å²) in [5.74, 6) is 0.424. The normalized spacial score (nSPS) is 11.5. The molecule has 0 fully saturated rings. The van der Waals surface area contributed by atoms with Crippen LogP contribution in [0.4, 0.5) is 10.6 Å². The van der Waals surface area contributed by atoms with E-state index >= 15 is 0 Å². The molecule has 0 saturated carbocycles. The number of para-hydroxylation sites is 1. The number of nitrogens with one attached hydrogen (secondary N) is 1. The number of aromatic nitrogens is 2. The van der Waals surface area contributed by atoms with Crippen molar-refractivity contribution in [2.45, 2.75) is 5.92 Å². The molecule has 1 atom stereocenters. The minimum Gasteiger partial charge on any atom is -0.507 e. The summed E-state index contributed by atoms with van der Waals surface area (Å²) in [4.78, 5) is 11.5. The van der Waals surface area contributed by atoms with Gasteiger partial charge in [-0.05, 0) is 17.7 Å². The summed E-state index contributed by atoms with van der Waals surface area (Å²) in [5.41, 5.74) is 7.88. The van der Waals surface area contributed by atoms with Crippen LogP contribution >= 0.6 is 0 Å². The molecule has 1 amide bonds. The van der Waals surface area contributed by atoms with Crippen molar-refractivity contribution in [3.8, 4) is 22.8 Å². The Kier molecular flexibility index (Phi) is 6.47. The van der Waals surface area contributed by atoms with Crippen LogP contribution in [-0.4, -0.2) is 41.7 Å². The first kappa shape index (κ1) is 19.9. The van der Waals surface area contributed by atoms with Gasteiger partial charge in [-0.2, -0.15) is 0 Å². The van der Waals surface area contributed by atoms with Crippen LogP contribution < -0.4 is 15.8 Å². The predicted octanol–water partition coefficient (Wildman–Crippen LogP) is 2.95. The van der Waals surface area contributed by atoms with Crippen molar-refractivity contribution in [2.75, 3.05) is 26.0 Å². The molecule has 1 heterocycles. The third kappa shape index (κ3) is 5.13. The molecule has 0 aliphatic heterocycles. The molecule has 0 bridgehead atoms. The predicted molar refractivity (Wildman–Crippen MR) is 109 cm³/mol. The Hall–Kier alpha value is -3.81. The van der Waals surface area contributed by atoms with Gasteiger partial charge in [0.1, 0.15) is 11.4 Å². The molecule has 0 radical (unpaired) electrons. The molecule has 2 aromatic carbocycles. The van der Waals surface area contributed by atoms with Crippen molar-refractivity contribution >= 4 is 11.9 Å². The van der Waals surface area contributed by atoms with Crippen molar-refractivity contribution in [1.29, 1.82) is 0 Å². The quantitative estimate of drug-likeness (QED) is 0.563. The van der Waals surface area contributed by atoms with E-state index in [1.54, 1.807) is 30.3 Å². The number of rotatable bonds is 7. The molecule has 3 aromatic rings. The third-order valence-corrected chi connectivity index (χ3v) is 4.35. The molecule has 8 nitrogen and oxygen atoms in total. The van der Waals surface area contributed by atoms with Gasteiger partial charge in [0, 0.05) is 24.1 Å². The van der Waals surface area contributed by atoms with Gasteiger partial charge in [-0.1, -0.05) is 42.5 Å². The van der Waals surface area contributed by atoms with Crippen molar-refractivity contribution in [1.82, 2.24) is 15.5 Å².